The normalized spacial score (nSPS) is 10.8. The summed E-state index contributed by atoms with van der Waals surface area (Å²) in [5, 5.41) is 0. The van der Waals surface area contributed by atoms with Crippen LogP contribution in [0.2, 0.25) is 4.47 Å². The standard InChI is InChI=1S/C10H15ClN2O2S/c1-13(5-3-4-9(14)15-2)7-8-6-12-10(11)16-8/h6H,3-5,7H2,1-2H3. The van der Waals surface area contributed by atoms with Crippen molar-refractivity contribution < 1.29 is 9.53 Å². The lowest BCUT2D eigenvalue weighted by molar-refractivity contribution is -0.140. The Morgan fingerprint density at radius 1 is 1.69 bits per heavy atom. The third-order valence-electron chi connectivity index (χ3n) is 2.10. The molecule has 0 aliphatic rings. The first-order valence-electron chi connectivity index (χ1n) is 4.97. The van der Waals surface area contributed by atoms with Gasteiger partial charge in [0.05, 0.1) is 7.11 Å². The van der Waals surface area contributed by atoms with E-state index in [2.05, 4.69) is 14.6 Å². The van der Waals surface area contributed by atoms with E-state index >= 15 is 0 Å². The molecular formula is C10H15ClN2O2S. The van der Waals surface area contributed by atoms with Crippen molar-refractivity contribution in [1.82, 2.24) is 9.88 Å². The first-order chi connectivity index (χ1) is 7.61. The monoisotopic (exact) mass is 262 g/mol. The summed E-state index contributed by atoms with van der Waals surface area (Å²) < 4.78 is 5.14. The van der Waals surface area contributed by atoms with E-state index in [-0.39, 0.29) is 5.97 Å². The fourth-order valence-corrected chi connectivity index (χ4v) is 2.36. The van der Waals surface area contributed by atoms with E-state index in [1.807, 2.05) is 7.05 Å². The Morgan fingerprint density at radius 3 is 3.00 bits per heavy atom. The Labute approximate surface area is 104 Å². The molecule has 0 N–H and O–H groups in total. The second-order valence-corrected chi connectivity index (χ2v) is 5.19. The Hall–Kier alpha value is -0.650. The van der Waals surface area contributed by atoms with E-state index < -0.39 is 0 Å². The van der Waals surface area contributed by atoms with Crippen LogP contribution in [0, 0.1) is 0 Å². The number of carbonyl (C=O) groups is 1. The van der Waals surface area contributed by atoms with Crippen molar-refractivity contribution in [3.63, 3.8) is 0 Å². The lowest BCUT2D eigenvalue weighted by atomic mass is 10.3. The zero-order chi connectivity index (χ0) is 12.0. The van der Waals surface area contributed by atoms with Crippen LogP contribution < -0.4 is 0 Å². The van der Waals surface area contributed by atoms with E-state index in [1.165, 1.54) is 18.4 Å². The van der Waals surface area contributed by atoms with Gasteiger partial charge in [0.2, 0.25) is 0 Å². The minimum atomic E-state index is -0.158. The molecule has 1 heterocycles. The van der Waals surface area contributed by atoms with Crippen LogP contribution in [0.4, 0.5) is 0 Å². The van der Waals surface area contributed by atoms with E-state index in [9.17, 15) is 4.79 Å². The summed E-state index contributed by atoms with van der Waals surface area (Å²) in [6.07, 6.45) is 3.05. The molecule has 0 atom stereocenters. The van der Waals surface area contributed by atoms with Crippen LogP contribution >= 0.6 is 22.9 Å². The molecule has 0 unspecified atom stereocenters. The van der Waals surface area contributed by atoms with Crippen molar-refractivity contribution in [1.29, 1.82) is 0 Å². The van der Waals surface area contributed by atoms with Crippen molar-refractivity contribution in [2.45, 2.75) is 19.4 Å². The van der Waals surface area contributed by atoms with Gasteiger partial charge in [0.15, 0.2) is 4.47 Å². The van der Waals surface area contributed by atoms with Crippen LogP contribution in [0.15, 0.2) is 6.20 Å². The smallest absolute Gasteiger partial charge is 0.305 e. The van der Waals surface area contributed by atoms with Gasteiger partial charge in [0.1, 0.15) is 0 Å². The summed E-state index contributed by atoms with van der Waals surface area (Å²) in [5.41, 5.74) is 0. The fraction of sp³-hybridized carbons (Fsp3) is 0.600. The number of hydrogen-bond acceptors (Lipinski definition) is 5. The summed E-state index contributed by atoms with van der Waals surface area (Å²) in [4.78, 5) is 18.1. The second kappa shape index (κ2) is 6.83. The molecule has 0 aliphatic carbocycles. The lowest BCUT2D eigenvalue weighted by Gasteiger charge is -2.14. The number of rotatable bonds is 6. The van der Waals surface area contributed by atoms with Gasteiger partial charge in [-0.2, -0.15) is 0 Å². The number of aromatic nitrogens is 1. The van der Waals surface area contributed by atoms with Crippen LogP contribution in [0.3, 0.4) is 0 Å². The summed E-state index contributed by atoms with van der Waals surface area (Å²) in [6.45, 7) is 1.66. The van der Waals surface area contributed by atoms with Crippen molar-refractivity contribution in [2.24, 2.45) is 0 Å². The molecule has 1 aromatic rings. The molecule has 6 heteroatoms. The van der Waals surface area contributed by atoms with Gasteiger partial charge in [-0.1, -0.05) is 11.6 Å². The van der Waals surface area contributed by atoms with Gasteiger partial charge in [-0.05, 0) is 20.0 Å². The summed E-state index contributed by atoms with van der Waals surface area (Å²) in [7, 11) is 3.41. The number of methoxy groups -OCH3 is 1. The molecule has 1 rings (SSSR count). The molecule has 0 aliphatic heterocycles. The largest absolute Gasteiger partial charge is 0.469 e. The SMILES string of the molecule is COC(=O)CCCN(C)Cc1cnc(Cl)s1. The maximum Gasteiger partial charge on any atom is 0.305 e. The number of thiazole rings is 1. The lowest BCUT2D eigenvalue weighted by Crippen LogP contribution is -2.19. The van der Waals surface area contributed by atoms with Crippen LogP contribution in [0.1, 0.15) is 17.7 Å². The van der Waals surface area contributed by atoms with Gasteiger partial charge in [0, 0.05) is 24.0 Å². The maximum absolute atomic E-state index is 10.9. The Kier molecular flexibility index (Phi) is 5.73. The summed E-state index contributed by atoms with van der Waals surface area (Å²) in [5.74, 6) is -0.158. The van der Waals surface area contributed by atoms with Gasteiger partial charge in [-0.15, -0.1) is 11.3 Å². The molecule has 0 fully saturated rings. The number of ether oxygens (including phenoxy) is 1. The van der Waals surface area contributed by atoms with Crippen molar-refractivity contribution in [2.75, 3.05) is 20.7 Å². The first kappa shape index (κ1) is 13.4. The van der Waals surface area contributed by atoms with E-state index in [4.69, 9.17) is 11.6 Å². The molecular weight excluding hydrogens is 248 g/mol. The van der Waals surface area contributed by atoms with Crippen molar-refractivity contribution in [3.8, 4) is 0 Å². The predicted octanol–water partition coefficient (Wildman–Crippen LogP) is 2.18. The summed E-state index contributed by atoms with van der Waals surface area (Å²) >= 11 is 7.22. The van der Waals surface area contributed by atoms with Gasteiger partial charge in [-0.3, -0.25) is 4.79 Å². The Bertz CT molecular complexity index is 343. The molecule has 0 radical (unpaired) electrons. The number of carbonyl (C=O) groups excluding carboxylic acids is 1. The number of hydrogen-bond donors (Lipinski definition) is 0. The van der Waals surface area contributed by atoms with Crippen LogP contribution in [-0.2, 0) is 16.1 Å². The topological polar surface area (TPSA) is 42.4 Å². The highest BCUT2D eigenvalue weighted by Gasteiger charge is 2.05. The molecule has 90 valence electrons. The highest BCUT2D eigenvalue weighted by Crippen LogP contribution is 2.18. The van der Waals surface area contributed by atoms with Gasteiger partial charge in [0.25, 0.3) is 0 Å². The zero-order valence-electron chi connectivity index (χ0n) is 9.40. The minimum Gasteiger partial charge on any atom is -0.469 e. The highest BCUT2D eigenvalue weighted by molar-refractivity contribution is 7.15. The number of nitrogens with zero attached hydrogens (tertiary/aromatic N) is 2. The first-order valence-corrected chi connectivity index (χ1v) is 6.17. The number of halogens is 1. The predicted molar refractivity (Wildman–Crippen MR) is 64.7 cm³/mol. The van der Waals surface area contributed by atoms with Crippen molar-refractivity contribution in [3.05, 3.63) is 15.5 Å². The minimum absolute atomic E-state index is 0.158. The highest BCUT2D eigenvalue weighted by atomic mass is 35.5. The van der Waals surface area contributed by atoms with Crippen molar-refractivity contribution >= 4 is 28.9 Å². The quantitative estimate of drug-likeness (QED) is 0.737. The molecule has 0 spiro atoms. The third kappa shape index (κ3) is 4.92. The van der Waals surface area contributed by atoms with Crippen LogP contribution in [0.5, 0.6) is 0 Å². The van der Waals surface area contributed by atoms with Gasteiger partial charge in [-0.25, -0.2) is 4.98 Å². The molecule has 0 saturated carbocycles. The van der Waals surface area contributed by atoms with E-state index in [0.29, 0.717) is 10.9 Å². The molecule has 0 aromatic carbocycles. The summed E-state index contributed by atoms with van der Waals surface area (Å²) in [6, 6.07) is 0. The average molecular weight is 263 g/mol. The van der Waals surface area contributed by atoms with Gasteiger partial charge < -0.3 is 9.64 Å². The molecule has 16 heavy (non-hydrogen) atoms. The van der Waals surface area contributed by atoms with E-state index in [0.717, 1.165) is 24.4 Å². The van der Waals surface area contributed by atoms with Crippen LogP contribution in [0.25, 0.3) is 0 Å². The Morgan fingerprint density at radius 2 is 2.44 bits per heavy atom. The maximum atomic E-state index is 10.9. The molecule has 0 saturated heterocycles. The average Bonchev–Trinajstić information content (AvgIpc) is 2.63. The second-order valence-electron chi connectivity index (χ2n) is 3.50. The Balaban J connectivity index is 2.20. The third-order valence-corrected chi connectivity index (χ3v) is 3.20. The fourth-order valence-electron chi connectivity index (χ4n) is 1.30. The molecule has 0 bridgehead atoms. The zero-order valence-corrected chi connectivity index (χ0v) is 11.0. The van der Waals surface area contributed by atoms with Gasteiger partial charge >= 0.3 is 5.97 Å². The molecule has 4 nitrogen and oxygen atoms in total. The number of esters is 1. The van der Waals surface area contributed by atoms with Crippen LogP contribution in [-0.4, -0.2) is 36.6 Å². The molecule has 0 amide bonds. The molecule has 1 aromatic heterocycles. The van der Waals surface area contributed by atoms with E-state index in [1.54, 1.807) is 6.20 Å².